The average molecular weight is 385 g/mol. The van der Waals surface area contributed by atoms with Gasteiger partial charge in [0.25, 0.3) is 0 Å². The Hall–Kier alpha value is -3.06. The molecular weight excluding hydrogens is 372 g/mol. The van der Waals surface area contributed by atoms with Gasteiger partial charge in [-0.15, -0.1) is 11.3 Å². The lowest BCUT2D eigenvalue weighted by Gasteiger charge is -2.24. The highest BCUT2D eigenvalue weighted by Crippen LogP contribution is 2.49. The fraction of sp³-hybridized carbons (Fsp3) is 0.100. The minimum absolute atomic E-state index is 0.0100. The summed E-state index contributed by atoms with van der Waals surface area (Å²) in [6.07, 6.45) is 0.0100. The molecule has 136 valence electrons. The normalized spacial score (nSPS) is 15.9. The van der Waals surface area contributed by atoms with Crippen LogP contribution in [0.3, 0.4) is 0 Å². The first-order chi connectivity index (χ1) is 13.0. The van der Waals surface area contributed by atoms with Crippen molar-refractivity contribution < 1.29 is 23.5 Å². The number of aromatic carboxylic acids is 1. The van der Waals surface area contributed by atoms with Crippen LogP contribution in [0.15, 0.2) is 48.5 Å². The lowest BCUT2D eigenvalue weighted by atomic mass is 9.88. The Bertz CT molecular complexity index is 1080. The number of amides is 1. The van der Waals surface area contributed by atoms with Gasteiger partial charge >= 0.3 is 5.97 Å². The molecule has 4 rings (SSSR count). The molecule has 0 bridgehead atoms. The highest BCUT2D eigenvalue weighted by atomic mass is 32.1. The predicted octanol–water partition coefficient (Wildman–Crippen LogP) is 4.87. The maximum Gasteiger partial charge on any atom is 0.346 e. The van der Waals surface area contributed by atoms with Crippen LogP contribution in [0.5, 0.6) is 0 Å². The fourth-order valence-electron chi connectivity index (χ4n) is 3.37. The van der Waals surface area contributed by atoms with Crippen LogP contribution in [-0.2, 0) is 4.79 Å². The number of benzene rings is 2. The molecule has 3 aromatic rings. The van der Waals surface area contributed by atoms with E-state index in [0.717, 1.165) is 11.3 Å². The summed E-state index contributed by atoms with van der Waals surface area (Å²) >= 11 is 0.981. The van der Waals surface area contributed by atoms with Crippen molar-refractivity contribution in [2.45, 2.75) is 12.3 Å². The van der Waals surface area contributed by atoms with E-state index >= 15 is 0 Å². The van der Waals surface area contributed by atoms with E-state index in [4.69, 9.17) is 0 Å². The monoisotopic (exact) mass is 385 g/mol. The Morgan fingerprint density at radius 2 is 1.93 bits per heavy atom. The molecule has 1 atom stereocenters. The Morgan fingerprint density at radius 1 is 1.15 bits per heavy atom. The van der Waals surface area contributed by atoms with Crippen molar-refractivity contribution in [3.05, 3.63) is 75.5 Å². The number of carboxylic acids is 1. The first kappa shape index (κ1) is 17.4. The number of rotatable bonds is 3. The lowest BCUT2D eigenvalue weighted by Crippen LogP contribution is -2.23. The second-order valence-corrected chi connectivity index (χ2v) is 7.24. The number of hydrogen-bond acceptors (Lipinski definition) is 3. The van der Waals surface area contributed by atoms with Gasteiger partial charge in [-0.1, -0.05) is 30.3 Å². The molecule has 0 saturated heterocycles. The molecule has 0 unspecified atom stereocenters. The van der Waals surface area contributed by atoms with Gasteiger partial charge in [-0.2, -0.15) is 0 Å². The van der Waals surface area contributed by atoms with Crippen molar-refractivity contribution in [1.82, 2.24) is 0 Å². The maximum atomic E-state index is 14.3. The summed E-state index contributed by atoms with van der Waals surface area (Å²) in [6.45, 7) is 0. The zero-order valence-corrected chi connectivity index (χ0v) is 14.6. The molecule has 27 heavy (non-hydrogen) atoms. The fourth-order valence-corrected chi connectivity index (χ4v) is 4.60. The summed E-state index contributed by atoms with van der Waals surface area (Å²) in [5.74, 6) is -3.10. The molecule has 2 heterocycles. The number of carbonyl (C=O) groups excluding carboxylic acids is 1. The van der Waals surface area contributed by atoms with Gasteiger partial charge in [0.2, 0.25) is 5.91 Å². The second-order valence-electron chi connectivity index (χ2n) is 6.19. The molecule has 0 fully saturated rings. The molecule has 0 saturated carbocycles. The molecule has 0 aliphatic carbocycles. The number of thiophene rings is 1. The van der Waals surface area contributed by atoms with Crippen LogP contribution in [-0.4, -0.2) is 17.0 Å². The smallest absolute Gasteiger partial charge is 0.346 e. The van der Waals surface area contributed by atoms with E-state index in [9.17, 15) is 23.5 Å². The van der Waals surface area contributed by atoms with E-state index in [2.05, 4.69) is 5.32 Å². The van der Waals surface area contributed by atoms with Crippen LogP contribution in [0, 0.1) is 11.6 Å². The van der Waals surface area contributed by atoms with Crippen LogP contribution in [0.2, 0.25) is 0 Å². The minimum atomic E-state index is -1.19. The number of hydrogen-bond donors (Lipinski definition) is 2. The van der Waals surface area contributed by atoms with Gasteiger partial charge in [0.15, 0.2) is 0 Å². The predicted molar refractivity (Wildman–Crippen MR) is 98.2 cm³/mol. The molecule has 1 aliphatic heterocycles. The highest BCUT2D eigenvalue weighted by molar-refractivity contribution is 7.15. The van der Waals surface area contributed by atoms with Crippen LogP contribution in [0.1, 0.15) is 32.5 Å². The van der Waals surface area contributed by atoms with Gasteiger partial charge < -0.3 is 10.4 Å². The van der Waals surface area contributed by atoms with Crippen LogP contribution in [0.25, 0.3) is 11.1 Å². The van der Waals surface area contributed by atoms with Gasteiger partial charge in [0, 0.05) is 22.8 Å². The first-order valence-electron chi connectivity index (χ1n) is 8.16. The number of fused-ring (bicyclic) bond motifs is 1. The van der Waals surface area contributed by atoms with Gasteiger partial charge in [0.1, 0.15) is 16.5 Å². The number of anilines is 1. The summed E-state index contributed by atoms with van der Waals surface area (Å²) < 4.78 is 28.1. The summed E-state index contributed by atoms with van der Waals surface area (Å²) in [6, 6.07) is 11.6. The van der Waals surface area contributed by atoms with Gasteiger partial charge in [-0.05, 0) is 29.3 Å². The largest absolute Gasteiger partial charge is 0.477 e. The third kappa shape index (κ3) is 3.00. The number of carbonyl (C=O) groups is 2. The molecule has 2 N–H and O–H groups in total. The standard InChI is InChI=1S/C20H13F2NO3S/c21-11-5-3-4-10(8-11)16-17-18(27-19(16)20(25)26)13(9-15(24)23-17)12-6-1-2-7-14(12)22/h1-8,13H,9H2,(H,23,24)(H,25,26)/t13-/m1/s1. The highest BCUT2D eigenvalue weighted by Gasteiger charge is 2.35. The molecule has 0 radical (unpaired) electrons. The molecule has 1 aromatic heterocycles. The Labute approximate surface area is 157 Å². The van der Waals surface area contributed by atoms with Crippen molar-refractivity contribution in [2.75, 3.05) is 5.32 Å². The zero-order valence-electron chi connectivity index (χ0n) is 13.8. The third-order valence-electron chi connectivity index (χ3n) is 4.49. The Balaban J connectivity index is 1.97. The lowest BCUT2D eigenvalue weighted by molar-refractivity contribution is -0.116. The summed E-state index contributed by atoms with van der Waals surface area (Å²) in [7, 11) is 0. The number of carboxylic acid groups (broad SMARTS) is 1. The SMILES string of the molecule is O=C1C[C@H](c2ccccc2F)c2sc(C(=O)O)c(-c3cccc(F)c3)c2N1. The quantitative estimate of drug-likeness (QED) is 0.676. The van der Waals surface area contributed by atoms with E-state index in [0.29, 0.717) is 21.7 Å². The van der Waals surface area contributed by atoms with Crippen LogP contribution < -0.4 is 5.32 Å². The first-order valence-corrected chi connectivity index (χ1v) is 8.97. The minimum Gasteiger partial charge on any atom is -0.477 e. The van der Waals surface area contributed by atoms with E-state index in [1.807, 2.05) is 0 Å². The van der Waals surface area contributed by atoms with Crippen molar-refractivity contribution in [3.63, 3.8) is 0 Å². The van der Waals surface area contributed by atoms with Crippen LogP contribution >= 0.6 is 11.3 Å². The molecule has 1 amide bonds. The summed E-state index contributed by atoms with van der Waals surface area (Å²) in [4.78, 5) is 24.7. The summed E-state index contributed by atoms with van der Waals surface area (Å²) in [5.41, 5.74) is 1.24. The number of halogens is 2. The van der Waals surface area contributed by atoms with E-state index in [-0.39, 0.29) is 22.8 Å². The number of nitrogens with one attached hydrogen (secondary N) is 1. The van der Waals surface area contributed by atoms with Gasteiger partial charge in [-0.3, -0.25) is 4.79 Å². The molecule has 1 aliphatic rings. The van der Waals surface area contributed by atoms with Crippen molar-refractivity contribution >= 4 is 28.9 Å². The molecule has 0 spiro atoms. The van der Waals surface area contributed by atoms with Crippen LogP contribution in [0.4, 0.5) is 14.5 Å². The van der Waals surface area contributed by atoms with E-state index in [1.54, 1.807) is 24.3 Å². The third-order valence-corrected chi connectivity index (χ3v) is 5.79. The average Bonchev–Trinajstić information content (AvgIpc) is 3.01. The van der Waals surface area contributed by atoms with Gasteiger partial charge in [0.05, 0.1) is 5.69 Å². The van der Waals surface area contributed by atoms with Gasteiger partial charge in [-0.25, -0.2) is 13.6 Å². The molecule has 4 nitrogen and oxygen atoms in total. The van der Waals surface area contributed by atoms with Crippen molar-refractivity contribution in [3.8, 4) is 11.1 Å². The van der Waals surface area contributed by atoms with Crippen molar-refractivity contribution in [2.24, 2.45) is 0 Å². The Morgan fingerprint density at radius 3 is 2.63 bits per heavy atom. The van der Waals surface area contributed by atoms with E-state index < -0.39 is 23.5 Å². The molecule has 7 heteroatoms. The maximum absolute atomic E-state index is 14.3. The van der Waals surface area contributed by atoms with Crippen molar-refractivity contribution in [1.29, 1.82) is 0 Å². The second kappa shape index (κ2) is 6.59. The van der Waals surface area contributed by atoms with E-state index in [1.165, 1.54) is 24.3 Å². The topological polar surface area (TPSA) is 66.4 Å². The molecule has 2 aromatic carbocycles. The summed E-state index contributed by atoms with van der Waals surface area (Å²) in [5, 5.41) is 12.4. The molecular formula is C20H13F2NO3S. The zero-order chi connectivity index (χ0) is 19.1. The Kier molecular flexibility index (Phi) is 4.24.